The lowest BCUT2D eigenvalue weighted by atomic mass is 9.48. The van der Waals surface area contributed by atoms with E-state index in [0.717, 1.165) is 28.9 Å². The monoisotopic (exact) mass is 860 g/mol. The average Bonchev–Trinajstić information content (AvgIpc) is 3.57. The standard InChI is InChI=1S/C50H60N4O9/c1-6-46-19-13-21-53-22-20-48(42(46)53)34-24-35(38(60-4)25-37(34)52(3)43(48)50(58,44(46)56)29-62-41(55)30-14-9-8-10-15-30)49(45(57)61-5)26-31-27-54(59,28-47(7-2)40(31)63-47)23-18-33-32-16-11-12-17-36(32)51-39(33)49/h8-17,19,24-25,31,33,39-40,42-44,51,56,58H,6-7,18,20-23,26-29H2,1-5H3/t31?,33?,39?,40?,42-,43+,44+,46+,47?,48+,49+,50-,54?/m1/s1. The summed E-state index contributed by atoms with van der Waals surface area (Å²) in [6.07, 6.45) is 5.46. The summed E-state index contributed by atoms with van der Waals surface area (Å²) in [6.45, 7) is 6.25. The molecule has 1 spiro atoms. The first-order valence-electron chi connectivity index (χ1n) is 23.0. The van der Waals surface area contributed by atoms with Crippen molar-refractivity contribution >= 4 is 23.3 Å². The molecule has 334 valence electrons. The quantitative estimate of drug-likeness (QED) is 0.0915. The largest absolute Gasteiger partial charge is 0.633 e. The van der Waals surface area contributed by atoms with E-state index >= 15 is 4.79 Å². The second-order valence-electron chi connectivity index (χ2n) is 20.1. The molecule has 7 aliphatic heterocycles. The lowest BCUT2D eigenvalue weighted by Gasteiger charge is -2.64. The molecule has 0 radical (unpaired) electrons. The number of ether oxygens (including phenoxy) is 4. The molecule has 7 heterocycles. The van der Waals surface area contributed by atoms with E-state index in [0.29, 0.717) is 75.3 Å². The predicted molar refractivity (Wildman–Crippen MR) is 236 cm³/mol. The maximum atomic E-state index is 15.5. The number of methoxy groups -OCH3 is 2. The summed E-state index contributed by atoms with van der Waals surface area (Å²) in [4.78, 5) is 33.6. The third kappa shape index (κ3) is 5.32. The molecule has 13 atom stereocenters. The van der Waals surface area contributed by atoms with Crippen LogP contribution in [0.1, 0.15) is 78.9 Å². The van der Waals surface area contributed by atoms with Crippen LogP contribution in [0.4, 0.5) is 11.4 Å². The fraction of sp³-hybridized carbons (Fsp3) is 0.560. The number of likely N-dealkylation sites (N-methyl/N-ethyl adjacent to an activating group) is 1. The van der Waals surface area contributed by atoms with Crippen LogP contribution >= 0.6 is 0 Å². The van der Waals surface area contributed by atoms with Crippen molar-refractivity contribution in [2.24, 2.45) is 11.3 Å². The van der Waals surface area contributed by atoms with Gasteiger partial charge in [0.05, 0.1) is 51.1 Å². The number of benzene rings is 3. The van der Waals surface area contributed by atoms with Gasteiger partial charge in [-0.3, -0.25) is 9.69 Å². The highest BCUT2D eigenvalue weighted by Gasteiger charge is 2.77. The van der Waals surface area contributed by atoms with Crippen molar-refractivity contribution in [2.45, 2.75) is 104 Å². The minimum atomic E-state index is -1.93. The van der Waals surface area contributed by atoms with Gasteiger partial charge in [0.1, 0.15) is 41.6 Å². The Kier molecular flexibility index (Phi) is 9.16. The van der Waals surface area contributed by atoms with Crippen LogP contribution in [0, 0.1) is 16.5 Å². The van der Waals surface area contributed by atoms with E-state index in [1.54, 1.807) is 31.4 Å². The number of piperidine rings is 1. The van der Waals surface area contributed by atoms with E-state index in [9.17, 15) is 20.2 Å². The molecule has 4 saturated heterocycles. The third-order valence-corrected chi connectivity index (χ3v) is 17.6. The van der Waals surface area contributed by atoms with E-state index in [1.165, 1.54) is 7.11 Å². The molecule has 6 unspecified atom stereocenters. The zero-order valence-electron chi connectivity index (χ0n) is 36.9. The molecule has 3 N–H and O–H groups in total. The number of esters is 2. The van der Waals surface area contributed by atoms with Crippen molar-refractivity contribution in [1.29, 1.82) is 0 Å². The molecule has 63 heavy (non-hydrogen) atoms. The maximum Gasteiger partial charge on any atom is 0.338 e. The first-order valence-corrected chi connectivity index (χ1v) is 23.0. The maximum absolute atomic E-state index is 15.5. The van der Waals surface area contributed by atoms with Crippen LogP contribution in [0.25, 0.3) is 0 Å². The van der Waals surface area contributed by atoms with Gasteiger partial charge in [-0.1, -0.05) is 62.4 Å². The molecule has 3 aromatic carbocycles. The van der Waals surface area contributed by atoms with Gasteiger partial charge < -0.3 is 49.2 Å². The molecule has 1 aliphatic carbocycles. The number of hydrogen-bond acceptors (Lipinski definition) is 12. The van der Waals surface area contributed by atoms with Gasteiger partial charge in [-0.25, -0.2) is 4.79 Å². The molecular formula is C50H60N4O9. The van der Waals surface area contributed by atoms with Crippen LogP contribution in [-0.4, -0.2) is 134 Å². The zero-order valence-corrected chi connectivity index (χ0v) is 36.9. The van der Waals surface area contributed by atoms with Gasteiger partial charge in [-0.15, -0.1) is 0 Å². The molecule has 0 amide bonds. The van der Waals surface area contributed by atoms with Crippen molar-refractivity contribution in [3.63, 3.8) is 0 Å². The number of aliphatic hydroxyl groups excluding tert-OH is 1. The van der Waals surface area contributed by atoms with Crippen LogP contribution in [0.2, 0.25) is 0 Å². The average molecular weight is 861 g/mol. The van der Waals surface area contributed by atoms with Crippen LogP contribution < -0.4 is 15.0 Å². The SMILES string of the molecule is CCC12C[N+]3([O-])CCC4c5ccccc5NC4[C@@](C(=O)OC)(c4cc5c(cc4OC)N(C)[C@@H]4[C@](O)(COC(=O)c6ccccc6)[C@@H](O)[C@@]6(CC)C=CCN7CC[C@@]54[C@H]76)CC(C3)C1O2. The van der Waals surface area contributed by atoms with E-state index < -0.39 is 64.2 Å². The Hall–Kier alpha value is -4.50. The topological polar surface area (TPSA) is 156 Å². The van der Waals surface area contributed by atoms with Crippen molar-refractivity contribution in [2.75, 3.05) is 70.8 Å². The summed E-state index contributed by atoms with van der Waals surface area (Å²) in [5.41, 5.74) is -0.736. The Morgan fingerprint density at radius 1 is 1.03 bits per heavy atom. The van der Waals surface area contributed by atoms with Crippen molar-refractivity contribution in [3.05, 3.63) is 106 Å². The molecule has 3 aromatic rings. The normalized spacial score (nSPS) is 41.3. The van der Waals surface area contributed by atoms with Gasteiger partial charge in [0.15, 0.2) is 0 Å². The summed E-state index contributed by atoms with van der Waals surface area (Å²) < 4.78 is 24.7. The Morgan fingerprint density at radius 2 is 1.81 bits per heavy atom. The molecule has 1 saturated carbocycles. The molecule has 2 bridgehead atoms. The fourth-order valence-electron chi connectivity index (χ4n) is 15.1. The van der Waals surface area contributed by atoms with Crippen LogP contribution in [0.5, 0.6) is 5.75 Å². The van der Waals surface area contributed by atoms with E-state index in [2.05, 4.69) is 59.3 Å². The number of rotatable bonds is 8. The summed E-state index contributed by atoms with van der Waals surface area (Å²) in [6, 6.07) is 19.6. The number of aliphatic hydroxyl groups is 2. The number of hydrogen-bond donors (Lipinski definition) is 3. The molecular weight excluding hydrogens is 801 g/mol. The van der Waals surface area contributed by atoms with Crippen molar-refractivity contribution in [3.8, 4) is 5.75 Å². The number of anilines is 2. The number of carbonyl (C=O) groups is 2. The second-order valence-corrected chi connectivity index (χ2v) is 20.1. The van der Waals surface area contributed by atoms with E-state index in [4.69, 9.17) is 18.9 Å². The van der Waals surface area contributed by atoms with Crippen LogP contribution in [0.15, 0.2) is 78.9 Å². The highest BCUT2D eigenvalue weighted by Crippen LogP contribution is 2.68. The minimum Gasteiger partial charge on any atom is -0.633 e. The first kappa shape index (κ1) is 41.2. The smallest absolute Gasteiger partial charge is 0.338 e. The van der Waals surface area contributed by atoms with E-state index in [1.807, 2.05) is 31.3 Å². The number of epoxide rings is 1. The van der Waals surface area contributed by atoms with Gasteiger partial charge in [-0.05, 0) is 67.6 Å². The molecule has 13 nitrogen and oxygen atoms in total. The molecule has 0 aromatic heterocycles. The number of hydroxylamine groups is 3. The lowest BCUT2D eigenvalue weighted by Crippen LogP contribution is -2.79. The number of nitrogens with zero attached hydrogens (tertiary/aromatic N) is 3. The zero-order chi connectivity index (χ0) is 43.9. The fourth-order valence-corrected chi connectivity index (χ4v) is 15.1. The Morgan fingerprint density at radius 3 is 2.56 bits per heavy atom. The number of para-hydroxylation sites is 1. The number of fused-ring (bicyclic) bond motifs is 8. The highest BCUT2D eigenvalue weighted by atomic mass is 16.6. The molecule has 11 rings (SSSR count). The molecule has 13 heteroatoms. The van der Waals surface area contributed by atoms with Crippen molar-refractivity contribution in [1.82, 2.24) is 4.90 Å². The van der Waals surface area contributed by atoms with Gasteiger partial charge in [0, 0.05) is 71.7 Å². The summed E-state index contributed by atoms with van der Waals surface area (Å²) >= 11 is 0. The number of carbonyl (C=O) groups excluding carboxylic acids is 2. The summed E-state index contributed by atoms with van der Waals surface area (Å²) in [5, 5.41) is 45.1. The minimum absolute atomic E-state index is 0.169. The van der Waals surface area contributed by atoms with Gasteiger partial charge >= 0.3 is 11.9 Å². The number of nitrogens with one attached hydrogen (secondary N) is 1. The van der Waals surface area contributed by atoms with Crippen molar-refractivity contribution < 1.29 is 43.4 Å². The van der Waals surface area contributed by atoms with Crippen LogP contribution in [-0.2, 0) is 29.8 Å². The van der Waals surface area contributed by atoms with E-state index in [-0.39, 0.29) is 28.6 Å². The molecule has 5 fully saturated rings. The highest BCUT2D eigenvalue weighted by molar-refractivity contribution is 5.90. The Balaban J connectivity index is 1.13. The second kappa shape index (κ2) is 14.0. The Labute approximate surface area is 369 Å². The van der Waals surface area contributed by atoms with Gasteiger partial charge in [0.25, 0.3) is 0 Å². The first-order chi connectivity index (χ1) is 30.3. The summed E-state index contributed by atoms with van der Waals surface area (Å²) in [7, 11) is 5.02. The van der Waals surface area contributed by atoms with Crippen LogP contribution in [0.3, 0.4) is 0 Å². The summed E-state index contributed by atoms with van der Waals surface area (Å²) in [5.74, 6) is -0.942. The lowest BCUT2D eigenvalue weighted by molar-refractivity contribution is -0.890. The Bertz CT molecular complexity index is 2400. The third-order valence-electron chi connectivity index (χ3n) is 17.6. The molecule has 8 aliphatic rings. The predicted octanol–water partition coefficient (Wildman–Crippen LogP) is 5.03. The van der Waals surface area contributed by atoms with Gasteiger partial charge in [-0.2, -0.15) is 0 Å². The van der Waals surface area contributed by atoms with Gasteiger partial charge in [0.2, 0.25) is 0 Å². The number of quaternary nitrogens is 1.